The first-order valence-corrected chi connectivity index (χ1v) is 10.3. The molecule has 0 aliphatic heterocycles. The summed E-state index contributed by atoms with van der Waals surface area (Å²) in [6.45, 7) is 2.37. The summed E-state index contributed by atoms with van der Waals surface area (Å²) < 4.78 is 12.2. The number of nitrogens with zero attached hydrogens (tertiary/aromatic N) is 3. The first kappa shape index (κ1) is 21.0. The van der Waals surface area contributed by atoms with E-state index in [4.69, 9.17) is 21.1 Å². The smallest absolute Gasteiger partial charge is 0.297 e. The number of hydrogen-bond acceptors (Lipinski definition) is 7. The molecule has 0 saturated carbocycles. The molecule has 1 N–H and O–H groups in total. The Morgan fingerprint density at radius 2 is 1.90 bits per heavy atom. The van der Waals surface area contributed by atoms with E-state index in [-0.39, 0.29) is 11.4 Å². The number of thioether (sulfide) groups is 1. The Kier molecular flexibility index (Phi) is 7.00. The van der Waals surface area contributed by atoms with Gasteiger partial charge < -0.3 is 14.8 Å². The lowest BCUT2D eigenvalue weighted by Gasteiger charge is -2.12. The molecule has 0 saturated heterocycles. The molecule has 29 heavy (non-hydrogen) atoms. The molecule has 2 aromatic carbocycles. The molecule has 0 aliphatic rings. The summed E-state index contributed by atoms with van der Waals surface area (Å²) in [5.74, 6) is 2.09. The first-order chi connectivity index (χ1) is 14.0. The van der Waals surface area contributed by atoms with E-state index in [9.17, 15) is 4.79 Å². The van der Waals surface area contributed by atoms with Gasteiger partial charge in [-0.3, -0.25) is 9.36 Å². The van der Waals surface area contributed by atoms with Gasteiger partial charge in [-0.1, -0.05) is 35.5 Å². The zero-order valence-electron chi connectivity index (χ0n) is 16.3. The van der Waals surface area contributed by atoms with E-state index in [0.29, 0.717) is 39.7 Å². The van der Waals surface area contributed by atoms with Gasteiger partial charge in [-0.15, -0.1) is 10.2 Å². The van der Waals surface area contributed by atoms with E-state index in [0.717, 1.165) is 5.56 Å². The van der Waals surface area contributed by atoms with Gasteiger partial charge in [-0.05, 0) is 42.8 Å². The van der Waals surface area contributed by atoms with Crippen LogP contribution >= 0.6 is 23.4 Å². The highest BCUT2D eigenvalue weighted by atomic mass is 35.5. The maximum absolute atomic E-state index is 12.8. The van der Waals surface area contributed by atoms with E-state index >= 15 is 0 Å². The second kappa shape index (κ2) is 9.67. The van der Waals surface area contributed by atoms with Crippen LogP contribution in [0, 0.1) is 0 Å². The lowest BCUT2D eigenvalue weighted by atomic mass is 10.2. The molecule has 0 aliphatic carbocycles. The number of halogens is 1. The lowest BCUT2D eigenvalue weighted by molar-refractivity contribution is 0.354. The summed E-state index contributed by atoms with van der Waals surface area (Å²) in [5, 5.41) is 12.4. The maximum atomic E-state index is 12.8. The minimum absolute atomic E-state index is 0.157. The fourth-order valence-corrected chi connectivity index (χ4v) is 3.82. The molecule has 1 aromatic heterocycles. The van der Waals surface area contributed by atoms with Crippen LogP contribution in [-0.2, 0) is 12.3 Å². The minimum atomic E-state index is -0.239. The highest BCUT2D eigenvalue weighted by molar-refractivity contribution is 7.98. The predicted molar refractivity (Wildman–Crippen MR) is 116 cm³/mol. The number of ether oxygens (including phenoxy) is 2. The number of methoxy groups -OCH3 is 2. The molecule has 1 heterocycles. The Balaban J connectivity index is 1.80. The molecule has 0 fully saturated rings. The van der Waals surface area contributed by atoms with Crippen molar-refractivity contribution in [1.29, 1.82) is 0 Å². The van der Waals surface area contributed by atoms with Gasteiger partial charge in [-0.25, -0.2) is 0 Å². The number of nitrogens with one attached hydrogen (secondary N) is 1. The monoisotopic (exact) mass is 432 g/mol. The van der Waals surface area contributed by atoms with Crippen LogP contribution in [0.5, 0.6) is 11.5 Å². The fraction of sp³-hybridized carbons (Fsp3) is 0.250. The quantitative estimate of drug-likeness (QED) is 0.529. The standard InChI is InChI=1S/C20H21ClN4O3S/c1-4-25-19(26)18(22-15-7-5-6-14(21)11-15)23-24-20(25)29-12-13-8-9-16(27-2)17(10-13)28-3/h5-11H,4,12H2,1-3H3,(H,22,23). The molecule has 0 bridgehead atoms. The van der Waals surface area contributed by atoms with Crippen molar-refractivity contribution >= 4 is 34.9 Å². The lowest BCUT2D eigenvalue weighted by Crippen LogP contribution is -2.26. The van der Waals surface area contributed by atoms with E-state index in [1.54, 1.807) is 37.0 Å². The molecular formula is C20H21ClN4O3S. The molecule has 152 valence electrons. The Labute approximate surface area is 178 Å². The van der Waals surface area contributed by atoms with E-state index in [2.05, 4.69) is 15.5 Å². The third-order valence-electron chi connectivity index (χ3n) is 4.13. The van der Waals surface area contributed by atoms with Crippen LogP contribution in [0.2, 0.25) is 5.02 Å². The topological polar surface area (TPSA) is 78.3 Å². The third-order valence-corrected chi connectivity index (χ3v) is 5.41. The molecule has 7 nitrogen and oxygen atoms in total. The van der Waals surface area contributed by atoms with Crippen LogP contribution in [0.4, 0.5) is 11.5 Å². The van der Waals surface area contributed by atoms with Crippen molar-refractivity contribution in [1.82, 2.24) is 14.8 Å². The summed E-state index contributed by atoms with van der Waals surface area (Å²) in [4.78, 5) is 12.8. The molecule has 0 unspecified atom stereocenters. The maximum Gasteiger partial charge on any atom is 0.297 e. The van der Waals surface area contributed by atoms with Gasteiger partial charge in [-0.2, -0.15) is 0 Å². The summed E-state index contributed by atoms with van der Waals surface area (Å²) in [6.07, 6.45) is 0. The van der Waals surface area contributed by atoms with Gasteiger partial charge in [0.1, 0.15) is 0 Å². The van der Waals surface area contributed by atoms with Gasteiger partial charge in [0.05, 0.1) is 14.2 Å². The Hall–Kier alpha value is -2.71. The highest BCUT2D eigenvalue weighted by Gasteiger charge is 2.13. The zero-order chi connectivity index (χ0) is 20.8. The molecular weight excluding hydrogens is 412 g/mol. The zero-order valence-corrected chi connectivity index (χ0v) is 17.9. The SMILES string of the molecule is CCn1c(SCc2ccc(OC)c(OC)c2)nnc(Nc2cccc(Cl)c2)c1=O. The fourth-order valence-electron chi connectivity index (χ4n) is 2.69. The number of aromatic nitrogens is 3. The van der Waals surface area contributed by atoms with Crippen molar-refractivity contribution in [3.05, 3.63) is 63.4 Å². The van der Waals surface area contributed by atoms with Gasteiger partial charge in [0.2, 0.25) is 5.82 Å². The average Bonchev–Trinajstić information content (AvgIpc) is 2.73. The Morgan fingerprint density at radius 1 is 1.10 bits per heavy atom. The molecule has 9 heteroatoms. The molecule has 3 aromatic rings. The van der Waals surface area contributed by atoms with Crippen molar-refractivity contribution in [2.75, 3.05) is 19.5 Å². The molecule has 3 rings (SSSR count). The molecule has 0 amide bonds. The summed E-state index contributed by atoms with van der Waals surface area (Å²) >= 11 is 7.43. The van der Waals surface area contributed by atoms with E-state index < -0.39 is 0 Å². The van der Waals surface area contributed by atoms with E-state index in [1.165, 1.54) is 11.8 Å². The van der Waals surface area contributed by atoms with Crippen LogP contribution in [0.25, 0.3) is 0 Å². The van der Waals surface area contributed by atoms with Gasteiger partial charge in [0.15, 0.2) is 16.7 Å². The van der Waals surface area contributed by atoms with Crippen molar-refractivity contribution in [3.8, 4) is 11.5 Å². The average molecular weight is 433 g/mol. The van der Waals surface area contributed by atoms with Crippen LogP contribution < -0.4 is 20.3 Å². The number of anilines is 2. The normalized spacial score (nSPS) is 10.6. The van der Waals surface area contributed by atoms with Crippen molar-refractivity contribution < 1.29 is 9.47 Å². The van der Waals surface area contributed by atoms with Crippen molar-refractivity contribution in [2.45, 2.75) is 24.4 Å². The second-order valence-corrected chi connectivity index (χ2v) is 7.37. The van der Waals surface area contributed by atoms with Crippen LogP contribution in [-0.4, -0.2) is 29.0 Å². The minimum Gasteiger partial charge on any atom is -0.493 e. The molecule has 0 spiro atoms. The summed E-state index contributed by atoms with van der Waals surface area (Å²) in [5.41, 5.74) is 1.46. The van der Waals surface area contributed by atoms with Gasteiger partial charge in [0.25, 0.3) is 5.56 Å². The second-order valence-electron chi connectivity index (χ2n) is 5.99. The van der Waals surface area contributed by atoms with Crippen LogP contribution in [0.15, 0.2) is 52.4 Å². The van der Waals surface area contributed by atoms with Gasteiger partial charge in [0, 0.05) is 23.0 Å². The van der Waals surface area contributed by atoms with Crippen molar-refractivity contribution in [2.24, 2.45) is 0 Å². The van der Waals surface area contributed by atoms with Crippen molar-refractivity contribution in [3.63, 3.8) is 0 Å². The Bertz CT molecular complexity index is 1060. The Morgan fingerprint density at radius 3 is 2.59 bits per heavy atom. The largest absolute Gasteiger partial charge is 0.493 e. The number of hydrogen-bond donors (Lipinski definition) is 1. The first-order valence-electron chi connectivity index (χ1n) is 8.89. The van der Waals surface area contributed by atoms with Crippen LogP contribution in [0.1, 0.15) is 12.5 Å². The molecule has 0 atom stereocenters. The molecule has 0 radical (unpaired) electrons. The number of rotatable bonds is 8. The van der Waals surface area contributed by atoms with E-state index in [1.807, 2.05) is 31.2 Å². The summed E-state index contributed by atoms with van der Waals surface area (Å²) in [7, 11) is 3.20. The predicted octanol–water partition coefficient (Wildman–Crippen LogP) is 4.36. The highest BCUT2D eigenvalue weighted by Crippen LogP contribution is 2.30. The summed E-state index contributed by atoms with van der Waals surface area (Å²) in [6, 6.07) is 12.8. The van der Waals surface area contributed by atoms with Crippen LogP contribution in [0.3, 0.4) is 0 Å². The van der Waals surface area contributed by atoms with Gasteiger partial charge >= 0.3 is 0 Å². The number of benzene rings is 2. The third kappa shape index (κ3) is 5.02.